The van der Waals surface area contributed by atoms with Gasteiger partial charge in [0.1, 0.15) is 0 Å². The van der Waals surface area contributed by atoms with E-state index in [-0.39, 0.29) is 0 Å². The summed E-state index contributed by atoms with van der Waals surface area (Å²) in [5.41, 5.74) is 2.28. The summed E-state index contributed by atoms with van der Waals surface area (Å²) in [6.07, 6.45) is 0. The van der Waals surface area contributed by atoms with Gasteiger partial charge in [0, 0.05) is 0 Å². The molecule has 0 unspecified atom stereocenters. The Morgan fingerprint density at radius 2 is 2.15 bits per heavy atom. The molecule has 0 aliphatic rings. The molecule has 0 amide bonds. The van der Waals surface area contributed by atoms with Crippen LogP contribution in [0.5, 0.6) is 0 Å². The van der Waals surface area contributed by atoms with Gasteiger partial charge in [-0.05, 0) is 6.92 Å². The first-order valence-corrected chi connectivity index (χ1v) is 2.96. The van der Waals surface area contributed by atoms with Crippen LogP contribution in [0.25, 0.3) is 0 Å². The lowest BCUT2D eigenvalue weighted by molar-refractivity contribution is -0.742. The van der Waals surface area contributed by atoms with Crippen LogP contribution in [-0.2, 0) is 0 Å². The second-order valence-corrected chi connectivity index (χ2v) is 1.82. The highest BCUT2D eigenvalue weighted by molar-refractivity contribution is 5.22. The third-order valence-corrected chi connectivity index (χ3v) is 0.995. The molecule has 0 radical (unpaired) electrons. The molecular weight excluding hydrogens is 182 g/mol. The minimum absolute atomic E-state index is 0.354. The normalized spacial score (nSPS) is 8.46. The van der Waals surface area contributed by atoms with Crippen molar-refractivity contribution in [2.24, 2.45) is 5.84 Å². The van der Waals surface area contributed by atoms with E-state index >= 15 is 0 Å². The van der Waals surface area contributed by atoms with E-state index in [1.165, 1.54) is 4.68 Å². The lowest BCUT2D eigenvalue weighted by atomic mass is 10.7. The maximum absolute atomic E-state index is 8.36. The number of nitrogens with two attached hydrogens (primary N) is 2. The Balaban J connectivity index is 0.000000310. The Hall–Kier alpha value is -2.10. The summed E-state index contributed by atoms with van der Waals surface area (Å²) in [4.78, 5) is 8.36. The first-order valence-electron chi connectivity index (χ1n) is 2.96. The van der Waals surface area contributed by atoms with Gasteiger partial charge < -0.3 is 11.0 Å². The molecule has 0 bridgehead atoms. The lowest BCUT2D eigenvalue weighted by Gasteiger charge is -1.96. The van der Waals surface area contributed by atoms with Crippen molar-refractivity contribution < 1.29 is 10.3 Å². The highest BCUT2D eigenvalue weighted by atomic mass is 16.9. The second kappa shape index (κ2) is 4.71. The van der Waals surface area contributed by atoms with Gasteiger partial charge in [0.15, 0.2) is 5.82 Å². The number of nitrogens with zero attached hydrogens (tertiary/aromatic N) is 4. The van der Waals surface area contributed by atoms with E-state index in [0.717, 1.165) is 0 Å². The summed E-state index contributed by atoms with van der Waals surface area (Å²) in [6.45, 7) is 1.73. The smallest absolute Gasteiger partial charge is 0.291 e. The molecule has 10 nitrogen and oxygen atoms in total. The van der Waals surface area contributed by atoms with Gasteiger partial charge in [0.05, 0.1) is 0 Å². The number of rotatable bonds is 1. The topological polar surface area (TPSA) is 158 Å². The van der Waals surface area contributed by atoms with Crippen LogP contribution in [0.2, 0.25) is 0 Å². The Bertz CT molecular complexity index is 279. The van der Waals surface area contributed by atoms with E-state index in [9.17, 15) is 0 Å². The molecule has 1 aromatic rings. The fourth-order valence-electron chi connectivity index (χ4n) is 0.468. The summed E-state index contributed by atoms with van der Waals surface area (Å²) in [7, 11) is 0. The maximum atomic E-state index is 8.36. The van der Waals surface area contributed by atoms with Crippen LogP contribution in [0.1, 0.15) is 5.82 Å². The van der Waals surface area contributed by atoms with Crippen LogP contribution >= 0.6 is 0 Å². The average Bonchev–Trinajstić information content (AvgIpc) is 2.32. The predicted molar refractivity (Wildman–Crippen MR) is 41.5 cm³/mol. The molecule has 0 fully saturated rings. The maximum Gasteiger partial charge on any atom is 0.291 e. The van der Waals surface area contributed by atoms with E-state index in [2.05, 4.69) is 15.6 Å². The molecule has 0 aliphatic heterocycles. The zero-order valence-corrected chi connectivity index (χ0v) is 6.71. The number of hydrogen-bond acceptors (Lipinski definition) is 7. The number of anilines is 1. The van der Waals surface area contributed by atoms with E-state index in [1.54, 1.807) is 6.92 Å². The van der Waals surface area contributed by atoms with Crippen LogP contribution in [0.15, 0.2) is 0 Å². The number of aromatic nitrogens is 3. The van der Waals surface area contributed by atoms with Gasteiger partial charge in [-0.15, -0.1) is 20.3 Å². The fraction of sp³-hybridized carbons (Fsp3) is 0.333. The monoisotopic (exact) mass is 191 g/mol. The highest BCUT2D eigenvalue weighted by Gasteiger charge is 2.00. The summed E-state index contributed by atoms with van der Waals surface area (Å²) in [5.74, 6) is 11.3. The number of nitrogen functional groups attached to an aromatic ring is 2. The first kappa shape index (κ1) is 10.9. The predicted octanol–water partition coefficient (Wildman–Crippen LogP) is -1.76. The molecule has 0 spiro atoms. The molecule has 1 heterocycles. The Labute approximate surface area is 72.2 Å². The number of nitrogens with one attached hydrogen (secondary N) is 1. The molecule has 6 N–H and O–H groups in total. The standard InChI is InChI=1S/C3H8N6.HNO3/c1-2-7-8-3(6-4)9(2)5;2-1(3)4/h4-5H2,1H3,(H,6,8);(H,2,3,4). The van der Waals surface area contributed by atoms with Crippen molar-refractivity contribution in [3.63, 3.8) is 0 Å². The van der Waals surface area contributed by atoms with Crippen molar-refractivity contribution in [2.45, 2.75) is 6.92 Å². The minimum atomic E-state index is -1.50. The molecule has 0 aromatic carbocycles. The lowest BCUT2D eigenvalue weighted by Crippen LogP contribution is -2.18. The van der Waals surface area contributed by atoms with Gasteiger partial charge in [-0.25, -0.2) is 10.5 Å². The fourth-order valence-corrected chi connectivity index (χ4v) is 0.468. The molecule has 10 heteroatoms. The van der Waals surface area contributed by atoms with Crippen molar-refractivity contribution >= 4 is 5.95 Å². The van der Waals surface area contributed by atoms with Crippen LogP contribution in [0.3, 0.4) is 0 Å². The summed E-state index contributed by atoms with van der Waals surface area (Å²) in [5, 5.41) is 20.9. The van der Waals surface area contributed by atoms with Gasteiger partial charge in [0.2, 0.25) is 0 Å². The van der Waals surface area contributed by atoms with Crippen molar-refractivity contribution in [1.29, 1.82) is 0 Å². The third-order valence-electron chi connectivity index (χ3n) is 0.995. The molecule has 1 aromatic heterocycles. The Morgan fingerprint density at radius 1 is 1.69 bits per heavy atom. The van der Waals surface area contributed by atoms with Gasteiger partial charge in [-0.3, -0.25) is 5.43 Å². The average molecular weight is 191 g/mol. The number of hydrazine groups is 1. The van der Waals surface area contributed by atoms with Crippen LogP contribution < -0.4 is 17.1 Å². The van der Waals surface area contributed by atoms with Gasteiger partial charge in [0.25, 0.3) is 11.0 Å². The largest absolute Gasteiger partial charge is 0.335 e. The summed E-state index contributed by atoms with van der Waals surface area (Å²) < 4.78 is 1.26. The van der Waals surface area contributed by atoms with Gasteiger partial charge in [-0.2, -0.15) is 0 Å². The molecule has 74 valence electrons. The molecule has 0 saturated heterocycles. The van der Waals surface area contributed by atoms with Gasteiger partial charge >= 0.3 is 0 Å². The van der Waals surface area contributed by atoms with E-state index < -0.39 is 5.09 Å². The van der Waals surface area contributed by atoms with Crippen LogP contribution in [0.4, 0.5) is 5.95 Å². The Morgan fingerprint density at radius 3 is 2.31 bits per heavy atom. The number of hydrogen-bond donors (Lipinski definition) is 4. The van der Waals surface area contributed by atoms with Crippen molar-refractivity contribution in [1.82, 2.24) is 14.9 Å². The Kier molecular flexibility index (Phi) is 3.95. The van der Waals surface area contributed by atoms with Crippen molar-refractivity contribution in [3.8, 4) is 0 Å². The van der Waals surface area contributed by atoms with Crippen molar-refractivity contribution in [2.75, 3.05) is 11.3 Å². The third kappa shape index (κ3) is 3.71. The van der Waals surface area contributed by atoms with Crippen LogP contribution in [-0.4, -0.2) is 25.2 Å². The van der Waals surface area contributed by atoms with E-state index in [4.69, 9.17) is 27.0 Å². The molecule has 0 aliphatic carbocycles. The molecule has 0 saturated carbocycles. The zero-order valence-electron chi connectivity index (χ0n) is 6.71. The SMILES string of the molecule is Cc1nnc(NN)n1N.O=[N+]([O-])O. The summed E-state index contributed by atoms with van der Waals surface area (Å²) >= 11 is 0. The van der Waals surface area contributed by atoms with E-state index in [1.807, 2.05) is 0 Å². The minimum Gasteiger partial charge on any atom is -0.335 e. The van der Waals surface area contributed by atoms with E-state index in [0.29, 0.717) is 11.8 Å². The molecular formula is C3H9N7O3. The zero-order chi connectivity index (χ0) is 10.4. The highest BCUT2D eigenvalue weighted by Crippen LogP contribution is 1.96. The molecule has 13 heavy (non-hydrogen) atoms. The first-order chi connectivity index (χ1) is 5.99. The molecule has 1 rings (SSSR count). The van der Waals surface area contributed by atoms with Gasteiger partial charge in [-0.1, -0.05) is 0 Å². The molecule has 0 atom stereocenters. The quantitative estimate of drug-likeness (QED) is 0.231. The second-order valence-electron chi connectivity index (χ2n) is 1.82. The number of aryl methyl sites for hydroxylation is 1. The van der Waals surface area contributed by atoms with Crippen molar-refractivity contribution in [3.05, 3.63) is 15.9 Å². The summed E-state index contributed by atoms with van der Waals surface area (Å²) in [6, 6.07) is 0. The van der Waals surface area contributed by atoms with Crippen LogP contribution in [0, 0.1) is 17.0 Å².